The van der Waals surface area contributed by atoms with Gasteiger partial charge >= 0.3 is 0 Å². The Morgan fingerprint density at radius 3 is 2.33 bits per heavy atom. The first-order valence-corrected chi connectivity index (χ1v) is 15.3. The topological polar surface area (TPSA) is 97.3 Å². The summed E-state index contributed by atoms with van der Waals surface area (Å²) in [5.74, 6) is 0.420. The van der Waals surface area contributed by atoms with Gasteiger partial charge < -0.3 is 9.47 Å². The number of carbonyl (C=O) groups is 1. The fourth-order valence-corrected chi connectivity index (χ4v) is 6.21. The first-order chi connectivity index (χ1) is 20.1. The first kappa shape index (κ1) is 30.8. The normalized spacial score (nSPS) is 11.4. The van der Waals surface area contributed by atoms with E-state index in [2.05, 4.69) is 26.5 Å². The Morgan fingerprint density at radius 1 is 0.952 bits per heavy atom. The molecule has 0 saturated carbocycles. The van der Waals surface area contributed by atoms with Crippen LogP contribution >= 0.6 is 15.9 Å². The molecule has 0 fully saturated rings. The van der Waals surface area contributed by atoms with E-state index < -0.39 is 22.5 Å². The SMILES string of the molecule is COc1cc(/C=N\NC(=O)CN(c2cc(C)ccc2C)S(=O)(=O)c2ccc(C)cc2)cc(Br)c1OCc1ccccc1. The number of aryl methyl sites for hydroxylation is 3. The highest BCUT2D eigenvalue weighted by Crippen LogP contribution is 2.37. The molecule has 0 aliphatic rings. The number of amides is 1. The summed E-state index contributed by atoms with van der Waals surface area (Å²) in [6.45, 7) is 5.46. The van der Waals surface area contributed by atoms with Crippen LogP contribution in [0.2, 0.25) is 0 Å². The smallest absolute Gasteiger partial charge is 0.264 e. The molecule has 218 valence electrons. The fraction of sp³-hybridized carbons (Fsp3) is 0.188. The number of hydrogen-bond donors (Lipinski definition) is 1. The minimum atomic E-state index is -4.04. The van der Waals surface area contributed by atoms with Gasteiger partial charge in [-0.25, -0.2) is 13.8 Å². The number of nitrogens with zero attached hydrogens (tertiary/aromatic N) is 2. The Bertz CT molecular complexity index is 1690. The van der Waals surface area contributed by atoms with Crippen LogP contribution in [-0.4, -0.2) is 34.2 Å². The van der Waals surface area contributed by atoms with Gasteiger partial charge in [0, 0.05) is 0 Å². The van der Waals surface area contributed by atoms with Crippen LogP contribution in [-0.2, 0) is 21.4 Å². The van der Waals surface area contributed by atoms with Crippen molar-refractivity contribution >= 4 is 43.8 Å². The third-order valence-electron chi connectivity index (χ3n) is 6.41. The van der Waals surface area contributed by atoms with E-state index in [-0.39, 0.29) is 4.90 Å². The summed E-state index contributed by atoms with van der Waals surface area (Å²) >= 11 is 3.53. The number of methoxy groups -OCH3 is 1. The number of rotatable bonds is 11. The Balaban J connectivity index is 1.52. The van der Waals surface area contributed by atoms with Crippen LogP contribution in [0.4, 0.5) is 5.69 Å². The van der Waals surface area contributed by atoms with Crippen molar-refractivity contribution in [2.24, 2.45) is 5.10 Å². The summed E-state index contributed by atoms with van der Waals surface area (Å²) in [7, 11) is -2.51. The van der Waals surface area contributed by atoms with Gasteiger partial charge in [0.15, 0.2) is 11.5 Å². The van der Waals surface area contributed by atoms with E-state index in [9.17, 15) is 13.2 Å². The molecule has 0 bridgehead atoms. The molecule has 0 unspecified atom stereocenters. The predicted molar refractivity (Wildman–Crippen MR) is 169 cm³/mol. The van der Waals surface area contributed by atoms with Crippen LogP contribution in [0.1, 0.15) is 27.8 Å². The Hall–Kier alpha value is -4.15. The van der Waals surface area contributed by atoms with E-state index in [1.165, 1.54) is 25.5 Å². The van der Waals surface area contributed by atoms with E-state index in [0.717, 1.165) is 26.6 Å². The average molecular weight is 651 g/mol. The molecule has 0 radical (unpaired) electrons. The van der Waals surface area contributed by atoms with E-state index in [1.807, 2.05) is 56.3 Å². The molecule has 10 heteroatoms. The zero-order valence-electron chi connectivity index (χ0n) is 23.8. The van der Waals surface area contributed by atoms with Crippen molar-refractivity contribution in [3.8, 4) is 11.5 Å². The summed E-state index contributed by atoms with van der Waals surface area (Å²) < 4.78 is 40.6. The molecular weight excluding hydrogens is 618 g/mol. The molecule has 4 aromatic carbocycles. The standard InChI is InChI=1S/C32H32BrN3O5S/c1-22-11-14-27(15-12-22)42(38,39)36(29-16-23(2)10-13-24(29)3)20-31(37)35-34-19-26-17-28(33)32(30(18-26)40-4)41-21-25-8-6-5-7-9-25/h5-19H,20-21H2,1-4H3,(H,35,37)/b34-19-. The van der Waals surface area contributed by atoms with Crippen molar-refractivity contribution in [2.75, 3.05) is 18.0 Å². The van der Waals surface area contributed by atoms with Crippen LogP contribution < -0.4 is 19.2 Å². The summed E-state index contributed by atoms with van der Waals surface area (Å²) in [5, 5.41) is 4.07. The summed E-state index contributed by atoms with van der Waals surface area (Å²) in [6.07, 6.45) is 1.45. The van der Waals surface area contributed by atoms with Crippen molar-refractivity contribution < 1.29 is 22.7 Å². The number of halogens is 1. The lowest BCUT2D eigenvalue weighted by Crippen LogP contribution is -2.40. The predicted octanol–water partition coefficient (Wildman–Crippen LogP) is 6.31. The zero-order chi connectivity index (χ0) is 30.3. The molecule has 0 atom stereocenters. The van der Waals surface area contributed by atoms with Crippen molar-refractivity contribution in [3.63, 3.8) is 0 Å². The third-order valence-corrected chi connectivity index (χ3v) is 8.77. The van der Waals surface area contributed by atoms with Crippen LogP contribution in [0.5, 0.6) is 11.5 Å². The second-order valence-electron chi connectivity index (χ2n) is 9.72. The maximum absolute atomic E-state index is 13.7. The minimum Gasteiger partial charge on any atom is -0.493 e. The number of ether oxygens (including phenoxy) is 2. The average Bonchev–Trinajstić information content (AvgIpc) is 2.97. The monoisotopic (exact) mass is 649 g/mol. The van der Waals surface area contributed by atoms with Gasteiger partial charge in [-0.05, 0) is 89.3 Å². The van der Waals surface area contributed by atoms with Crippen LogP contribution in [0.3, 0.4) is 0 Å². The van der Waals surface area contributed by atoms with Gasteiger partial charge in [-0.15, -0.1) is 0 Å². The van der Waals surface area contributed by atoms with Gasteiger partial charge in [-0.2, -0.15) is 5.10 Å². The number of nitrogens with one attached hydrogen (secondary N) is 1. The molecule has 0 saturated heterocycles. The van der Waals surface area contributed by atoms with E-state index in [1.54, 1.807) is 37.3 Å². The number of benzene rings is 4. The summed E-state index contributed by atoms with van der Waals surface area (Å²) in [4.78, 5) is 13.1. The molecule has 4 aromatic rings. The van der Waals surface area contributed by atoms with Gasteiger partial charge in [0.25, 0.3) is 15.9 Å². The molecule has 8 nitrogen and oxygen atoms in total. The number of anilines is 1. The third kappa shape index (κ3) is 7.57. The maximum Gasteiger partial charge on any atom is 0.264 e. The highest BCUT2D eigenvalue weighted by atomic mass is 79.9. The van der Waals surface area contributed by atoms with Crippen molar-refractivity contribution in [3.05, 3.63) is 117 Å². The quantitative estimate of drug-likeness (QED) is 0.152. The van der Waals surface area contributed by atoms with Crippen molar-refractivity contribution in [2.45, 2.75) is 32.3 Å². The molecule has 0 spiro atoms. The maximum atomic E-state index is 13.7. The second kappa shape index (κ2) is 13.7. The number of hydrogen-bond acceptors (Lipinski definition) is 6. The lowest BCUT2D eigenvalue weighted by atomic mass is 10.1. The van der Waals surface area contributed by atoms with Crippen molar-refractivity contribution in [1.29, 1.82) is 0 Å². The summed E-state index contributed by atoms with van der Waals surface area (Å²) in [5.41, 5.74) is 7.04. The number of hydrazone groups is 1. The van der Waals surface area contributed by atoms with Gasteiger partial charge in [0.2, 0.25) is 0 Å². The Morgan fingerprint density at radius 2 is 1.64 bits per heavy atom. The molecule has 42 heavy (non-hydrogen) atoms. The van der Waals surface area contributed by atoms with Crippen LogP contribution in [0, 0.1) is 20.8 Å². The number of sulfonamides is 1. The van der Waals surface area contributed by atoms with Gasteiger partial charge in [-0.1, -0.05) is 60.2 Å². The van der Waals surface area contributed by atoms with Gasteiger partial charge in [0.05, 0.1) is 28.4 Å². The number of carbonyl (C=O) groups excluding carboxylic acids is 1. The molecular formula is C32H32BrN3O5S. The first-order valence-electron chi connectivity index (χ1n) is 13.1. The Labute approximate surface area is 255 Å². The highest BCUT2D eigenvalue weighted by molar-refractivity contribution is 9.10. The Kier molecular flexibility index (Phi) is 10.0. The zero-order valence-corrected chi connectivity index (χ0v) is 26.2. The van der Waals surface area contributed by atoms with Gasteiger partial charge in [-0.3, -0.25) is 9.10 Å². The van der Waals surface area contributed by atoms with E-state index in [0.29, 0.717) is 33.8 Å². The molecule has 0 aliphatic carbocycles. The highest BCUT2D eigenvalue weighted by Gasteiger charge is 2.28. The van der Waals surface area contributed by atoms with E-state index in [4.69, 9.17) is 9.47 Å². The van der Waals surface area contributed by atoms with Crippen LogP contribution in [0.15, 0.2) is 99.4 Å². The molecule has 1 amide bonds. The molecule has 4 rings (SSSR count). The van der Waals surface area contributed by atoms with Crippen molar-refractivity contribution in [1.82, 2.24) is 5.43 Å². The largest absolute Gasteiger partial charge is 0.493 e. The molecule has 0 aliphatic heterocycles. The van der Waals surface area contributed by atoms with Gasteiger partial charge in [0.1, 0.15) is 13.2 Å². The fourth-order valence-electron chi connectivity index (χ4n) is 4.15. The molecule has 0 aromatic heterocycles. The van der Waals surface area contributed by atoms with Crippen LogP contribution in [0.25, 0.3) is 0 Å². The second-order valence-corrected chi connectivity index (χ2v) is 12.4. The lowest BCUT2D eigenvalue weighted by Gasteiger charge is -2.25. The molecule has 1 N–H and O–H groups in total. The van der Waals surface area contributed by atoms with E-state index >= 15 is 0 Å². The minimum absolute atomic E-state index is 0.0943. The molecule has 0 heterocycles. The summed E-state index contributed by atoms with van der Waals surface area (Å²) in [6, 6.07) is 25.3. The lowest BCUT2D eigenvalue weighted by molar-refractivity contribution is -0.119.